The van der Waals surface area contributed by atoms with Crippen LogP contribution in [0.1, 0.15) is 84.9 Å². The molecule has 0 saturated carbocycles. The lowest BCUT2D eigenvalue weighted by atomic mass is 9.98. The number of fused-ring (bicyclic) bond motifs is 1. The van der Waals surface area contributed by atoms with Crippen molar-refractivity contribution in [1.82, 2.24) is 9.88 Å². The van der Waals surface area contributed by atoms with Crippen molar-refractivity contribution in [2.75, 3.05) is 7.11 Å². The summed E-state index contributed by atoms with van der Waals surface area (Å²) in [6.45, 7) is 14.8. The van der Waals surface area contributed by atoms with Gasteiger partial charge in [0.05, 0.1) is 13.2 Å². The number of esters is 1. The van der Waals surface area contributed by atoms with Gasteiger partial charge in [-0.3, -0.25) is 4.79 Å². The number of nitrogens with zero attached hydrogens (tertiary/aromatic N) is 1. The van der Waals surface area contributed by atoms with E-state index in [1.165, 1.54) is 12.7 Å². The van der Waals surface area contributed by atoms with E-state index < -0.39 is 12.1 Å². The summed E-state index contributed by atoms with van der Waals surface area (Å²) in [7, 11) is 1.36. The Bertz CT molecular complexity index is 1600. The molecule has 0 aliphatic heterocycles. The Morgan fingerprint density at radius 1 is 0.929 bits per heavy atom. The van der Waals surface area contributed by atoms with Crippen molar-refractivity contribution in [2.45, 2.75) is 73.1 Å². The molecule has 0 bridgehead atoms. The summed E-state index contributed by atoms with van der Waals surface area (Å²) < 4.78 is 13.1. The molecule has 4 rings (SSSR count). The van der Waals surface area contributed by atoms with Crippen LogP contribution < -0.4 is 10.1 Å². The van der Waals surface area contributed by atoms with Gasteiger partial charge in [-0.15, -0.1) is 0 Å². The van der Waals surface area contributed by atoms with Crippen LogP contribution in [0.3, 0.4) is 0 Å². The molecule has 0 fully saturated rings. The Labute approximate surface area is 254 Å². The van der Waals surface area contributed by atoms with Crippen molar-refractivity contribution < 1.29 is 19.1 Å². The Kier molecular flexibility index (Phi) is 9.67. The molecule has 222 valence electrons. The first-order valence-electron chi connectivity index (χ1n) is 14.4. The second kappa shape index (κ2) is 13.0. The number of rotatable bonds is 10. The molecule has 42 heavy (non-hydrogen) atoms. The van der Waals surface area contributed by atoms with Crippen LogP contribution in [-0.2, 0) is 16.1 Å². The SMILES string of the molecule is COC(=O)[C@@H](Oc1ccc(Cl)c(Cn2c(C)c(C)c3cc(C(=O)N[C@@H](C)c4cccc(C(C)C)c4)ccc32)c1)C(C)C. The lowest BCUT2D eigenvalue weighted by Gasteiger charge is -2.21. The van der Waals surface area contributed by atoms with E-state index in [4.69, 9.17) is 21.1 Å². The quantitative estimate of drug-likeness (QED) is 0.190. The normalized spacial score (nSPS) is 12.9. The molecular weight excluding hydrogens is 548 g/mol. The Hall–Kier alpha value is -3.77. The lowest BCUT2D eigenvalue weighted by molar-refractivity contribution is -0.150. The maximum atomic E-state index is 13.3. The average Bonchev–Trinajstić information content (AvgIpc) is 3.20. The molecule has 1 aromatic heterocycles. The van der Waals surface area contributed by atoms with Gasteiger partial charge in [-0.1, -0.05) is 63.6 Å². The molecule has 0 radical (unpaired) electrons. The minimum atomic E-state index is -0.716. The van der Waals surface area contributed by atoms with Gasteiger partial charge in [0.25, 0.3) is 5.91 Å². The van der Waals surface area contributed by atoms with Gasteiger partial charge in [-0.2, -0.15) is 0 Å². The third-order valence-electron chi connectivity index (χ3n) is 7.97. The van der Waals surface area contributed by atoms with Gasteiger partial charge in [-0.25, -0.2) is 4.79 Å². The first kappa shape index (κ1) is 31.2. The van der Waals surface area contributed by atoms with E-state index in [0.717, 1.165) is 33.3 Å². The highest BCUT2D eigenvalue weighted by Crippen LogP contribution is 2.31. The molecule has 0 aliphatic rings. The van der Waals surface area contributed by atoms with Crippen molar-refractivity contribution in [1.29, 1.82) is 0 Å². The number of benzene rings is 3. The van der Waals surface area contributed by atoms with Gasteiger partial charge < -0.3 is 19.4 Å². The highest BCUT2D eigenvalue weighted by atomic mass is 35.5. The third kappa shape index (κ3) is 6.65. The minimum Gasteiger partial charge on any atom is -0.478 e. The zero-order chi connectivity index (χ0) is 30.7. The van der Waals surface area contributed by atoms with Crippen molar-refractivity contribution in [3.8, 4) is 5.75 Å². The number of aryl methyl sites for hydroxylation is 1. The van der Waals surface area contributed by atoms with E-state index in [-0.39, 0.29) is 17.9 Å². The highest BCUT2D eigenvalue weighted by Gasteiger charge is 2.25. The van der Waals surface area contributed by atoms with Gasteiger partial charge in [0.15, 0.2) is 6.10 Å². The maximum Gasteiger partial charge on any atom is 0.347 e. The van der Waals surface area contributed by atoms with Crippen LogP contribution in [0.4, 0.5) is 0 Å². The standard InChI is InChI=1S/C35H41ClN2O4/c1-20(2)25-10-9-11-26(16-25)23(6)37-34(39)27-12-15-32-30(18-27)22(5)24(7)38(32)19-28-17-29(13-14-31(28)36)42-33(21(3)4)35(40)41-8/h9-18,20-21,23,33H,19H2,1-8H3,(H,37,39)/t23-,33-/m0/s1. The molecule has 2 atom stereocenters. The van der Waals surface area contributed by atoms with Crippen LogP contribution in [0.25, 0.3) is 10.9 Å². The Morgan fingerprint density at radius 3 is 2.31 bits per heavy atom. The summed E-state index contributed by atoms with van der Waals surface area (Å²) in [4.78, 5) is 25.5. The van der Waals surface area contributed by atoms with E-state index in [1.54, 1.807) is 12.1 Å². The van der Waals surface area contributed by atoms with Crippen LogP contribution in [0.15, 0.2) is 60.7 Å². The fraction of sp³-hybridized carbons (Fsp3) is 0.371. The minimum absolute atomic E-state index is 0.0607. The number of ether oxygens (including phenoxy) is 2. The van der Waals surface area contributed by atoms with E-state index in [2.05, 4.69) is 55.8 Å². The number of hydrogen-bond donors (Lipinski definition) is 1. The zero-order valence-corrected chi connectivity index (χ0v) is 26.5. The molecule has 0 saturated heterocycles. The summed E-state index contributed by atoms with van der Waals surface area (Å²) in [6, 6.07) is 19.5. The monoisotopic (exact) mass is 588 g/mol. The maximum absolute atomic E-state index is 13.3. The van der Waals surface area contributed by atoms with Crippen LogP contribution in [0.2, 0.25) is 5.02 Å². The first-order chi connectivity index (χ1) is 19.9. The summed E-state index contributed by atoms with van der Waals surface area (Å²) in [6.07, 6.45) is -0.716. The molecule has 4 aromatic rings. The van der Waals surface area contributed by atoms with Gasteiger partial charge in [0.1, 0.15) is 5.75 Å². The average molecular weight is 589 g/mol. The Morgan fingerprint density at radius 2 is 1.64 bits per heavy atom. The zero-order valence-electron chi connectivity index (χ0n) is 25.7. The molecular formula is C35H41ClN2O4. The molecule has 0 aliphatic carbocycles. The molecule has 1 N–H and O–H groups in total. The number of methoxy groups -OCH3 is 1. The van der Waals surface area contributed by atoms with Gasteiger partial charge in [0.2, 0.25) is 0 Å². The second-order valence-corrected chi connectivity index (χ2v) is 12.0. The predicted octanol–water partition coefficient (Wildman–Crippen LogP) is 8.15. The topological polar surface area (TPSA) is 69.6 Å². The fourth-order valence-electron chi connectivity index (χ4n) is 5.18. The summed E-state index contributed by atoms with van der Waals surface area (Å²) in [5.41, 5.74) is 7.01. The number of amides is 1. The van der Waals surface area contributed by atoms with Crippen LogP contribution in [0, 0.1) is 19.8 Å². The van der Waals surface area contributed by atoms with E-state index in [0.29, 0.717) is 28.8 Å². The highest BCUT2D eigenvalue weighted by molar-refractivity contribution is 6.31. The van der Waals surface area contributed by atoms with Gasteiger partial charge in [0, 0.05) is 39.6 Å². The fourth-order valence-corrected chi connectivity index (χ4v) is 5.36. The van der Waals surface area contributed by atoms with Gasteiger partial charge >= 0.3 is 5.97 Å². The van der Waals surface area contributed by atoms with Crippen molar-refractivity contribution in [2.24, 2.45) is 5.92 Å². The smallest absolute Gasteiger partial charge is 0.347 e. The Balaban J connectivity index is 1.59. The van der Waals surface area contributed by atoms with Gasteiger partial charge in [-0.05, 0) is 85.3 Å². The van der Waals surface area contributed by atoms with Crippen LogP contribution >= 0.6 is 11.6 Å². The molecule has 1 amide bonds. The summed E-state index contributed by atoms with van der Waals surface area (Å²) >= 11 is 6.62. The van der Waals surface area contributed by atoms with Crippen LogP contribution in [0.5, 0.6) is 5.75 Å². The largest absolute Gasteiger partial charge is 0.478 e. The first-order valence-corrected chi connectivity index (χ1v) is 14.8. The van der Waals surface area contributed by atoms with Crippen molar-refractivity contribution >= 4 is 34.4 Å². The van der Waals surface area contributed by atoms with E-state index in [1.807, 2.05) is 51.1 Å². The number of halogens is 1. The number of carbonyl (C=O) groups is 2. The number of aromatic nitrogens is 1. The lowest BCUT2D eigenvalue weighted by Crippen LogP contribution is -2.33. The number of hydrogen-bond acceptors (Lipinski definition) is 4. The van der Waals surface area contributed by atoms with Crippen molar-refractivity contribution in [3.05, 3.63) is 99.2 Å². The van der Waals surface area contributed by atoms with E-state index in [9.17, 15) is 9.59 Å². The number of carbonyl (C=O) groups excluding carboxylic acids is 2. The number of nitrogens with one attached hydrogen (secondary N) is 1. The molecule has 6 nitrogen and oxygen atoms in total. The molecule has 0 unspecified atom stereocenters. The molecule has 7 heteroatoms. The summed E-state index contributed by atoms with van der Waals surface area (Å²) in [5.74, 6) is 0.392. The molecule has 0 spiro atoms. The third-order valence-corrected chi connectivity index (χ3v) is 8.34. The van der Waals surface area contributed by atoms with E-state index >= 15 is 0 Å². The molecule has 3 aromatic carbocycles. The predicted molar refractivity (Wildman–Crippen MR) is 170 cm³/mol. The van der Waals surface area contributed by atoms with Crippen LogP contribution in [-0.4, -0.2) is 29.7 Å². The summed E-state index contributed by atoms with van der Waals surface area (Å²) in [5, 5.41) is 4.78. The molecule has 1 heterocycles. The second-order valence-electron chi connectivity index (χ2n) is 11.6. The van der Waals surface area contributed by atoms with Crippen molar-refractivity contribution in [3.63, 3.8) is 0 Å².